The van der Waals surface area contributed by atoms with Gasteiger partial charge < -0.3 is 10.2 Å². The molecule has 0 spiro atoms. The molecule has 1 saturated heterocycles. The van der Waals surface area contributed by atoms with Crippen LogP contribution in [-0.2, 0) is 0 Å². The van der Waals surface area contributed by atoms with Crippen molar-refractivity contribution in [2.75, 3.05) is 32.7 Å². The number of pyridine rings is 1. The Bertz CT molecular complexity index is 565. The van der Waals surface area contributed by atoms with Crippen LogP contribution in [0.1, 0.15) is 23.6 Å². The molecule has 0 bridgehead atoms. The average Bonchev–Trinajstić information content (AvgIpc) is 2.58. The Morgan fingerprint density at radius 1 is 1.09 bits per heavy atom. The minimum atomic E-state index is 0.327. The van der Waals surface area contributed by atoms with E-state index in [0.717, 1.165) is 49.9 Å². The van der Waals surface area contributed by atoms with Crippen molar-refractivity contribution < 1.29 is 0 Å². The van der Waals surface area contributed by atoms with Crippen LogP contribution in [-0.4, -0.2) is 42.6 Å². The van der Waals surface area contributed by atoms with Crippen molar-refractivity contribution in [3.8, 4) is 0 Å². The lowest BCUT2D eigenvalue weighted by molar-refractivity contribution is 0.235. The highest BCUT2D eigenvalue weighted by molar-refractivity contribution is 6.30. The fourth-order valence-corrected chi connectivity index (χ4v) is 3.13. The molecule has 1 atom stereocenters. The molecule has 116 valence electrons. The van der Waals surface area contributed by atoms with Crippen LogP contribution in [0.2, 0.25) is 5.02 Å². The highest BCUT2D eigenvalue weighted by Gasteiger charge is 2.18. The van der Waals surface area contributed by atoms with Gasteiger partial charge in [0.15, 0.2) is 0 Å². The van der Waals surface area contributed by atoms with E-state index in [-0.39, 0.29) is 0 Å². The van der Waals surface area contributed by atoms with Gasteiger partial charge in [-0.3, -0.25) is 4.98 Å². The zero-order valence-corrected chi connectivity index (χ0v) is 13.5. The number of nitrogens with one attached hydrogen (secondary N) is 1. The van der Waals surface area contributed by atoms with E-state index in [1.54, 1.807) is 0 Å². The molecule has 1 N–H and O–H groups in total. The van der Waals surface area contributed by atoms with E-state index in [1.165, 1.54) is 5.56 Å². The van der Waals surface area contributed by atoms with Gasteiger partial charge in [0.1, 0.15) is 0 Å². The fourth-order valence-electron chi connectivity index (χ4n) is 3.01. The lowest BCUT2D eigenvalue weighted by atomic mass is 9.91. The van der Waals surface area contributed by atoms with Gasteiger partial charge in [-0.25, -0.2) is 0 Å². The number of piperazine rings is 1. The largest absolute Gasteiger partial charge is 0.314 e. The summed E-state index contributed by atoms with van der Waals surface area (Å²) in [5, 5.41) is 4.19. The van der Waals surface area contributed by atoms with Gasteiger partial charge in [0.05, 0.1) is 0 Å². The van der Waals surface area contributed by atoms with Crippen molar-refractivity contribution in [2.24, 2.45) is 0 Å². The summed E-state index contributed by atoms with van der Waals surface area (Å²) in [6, 6.07) is 14.3. The summed E-state index contributed by atoms with van der Waals surface area (Å²) >= 11 is 6.03. The van der Waals surface area contributed by atoms with E-state index < -0.39 is 0 Å². The van der Waals surface area contributed by atoms with Crippen LogP contribution in [0.25, 0.3) is 0 Å². The normalized spacial score (nSPS) is 17.3. The molecule has 1 aliphatic heterocycles. The van der Waals surface area contributed by atoms with Crippen LogP contribution in [0.5, 0.6) is 0 Å². The highest BCUT2D eigenvalue weighted by Crippen LogP contribution is 2.27. The fraction of sp³-hybridized carbons (Fsp3) is 0.389. The van der Waals surface area contributed by atoms with E-state index >= 15 is 0 Å². The van der Waals surface area contributed by atoms with Crippen LogP contribution in [0, 0.1) is 0 Å². The van der Waals surface area contributed by atoms with Crippen molar-refractivity contribution in [1.29, 1.82) is 0 Å². The van der Waals surface area contributed by atoms with Crippen LogP contribution < -0.4 is 5.32 Å². The molecule has 0 amide bonds. The molecule has 4 heteroatoms. The Morgan fingerprint density at radius 3 is 2.55 bits per heavy atom. The first-order valence-electron chi connectivity index (χ1n) is 7.92. The number of hydrogen-bond donors (Lipinski definition) is 1. The first-order chi connectivity index (χ1) is 10.8. The van der Waals surface area contributed by atoms with Crippen LogP contribution in [0.15, 0.2) is 48.7 Å². The summed E-state index contributed by atoms with van der Waals surface area (Å²) in [5.41, 5.74) is 2.43. The Hall–Kier alpha value is -1.42. The second-order valence-corrected chi connectivity index (χ2v) is 6.18. The molecule has 0 aliphatic carbocycles. The van der Waals surface area contributed by atoms with Crippen molar-refractivity contribution in [1.82, 2.24) is 15.2 Å². The number of benzene rings is 1. The van der Waals surface area contributed by atoms with E-state index in [4.69, 9.17) is 11.6 Å². The van der Waals surface area contributed by atoms with Crippen molar-refractivity contribution in [3.05, 3.63) is 64.9 Å². The lowest BCUT2D eigenvalue weighted by Crippen LogP contribution is -2.44. The van der Waals surface area contributed by atoms with Gasteiger partial charge in [0.25, 0.3) is 0 Å². The van der Waals surface area contributed by atoms with Gasteiger partial charge in [-0.2, -0.15) is 0 Å². The molecule has 1 unspecified atom stereocenters. The molecule has 1 aromatic carbocycles. The molecule has 2 heterocycles. The zero-order valence-electron chi connectivity index (χ0n) is 12.7. The maximum atomic E-state index is 6.03. The number of halogens is 1. The van der Waals surface area contributed by atoms with Crippen molar-refractivity contribution in [3.63, 3.8) is 0 Å². The van der Waals surface area contributed by atoms with Crippen LogP contribution in [0.4, 0.5) is 0 Å². The Labute approximate surface area is 137 Å². The van der Waals surface area contributed by atoms with Crippen LogP contribution in [0.3, 0.4) is 0 Å². The smallest absolute Gasteiger partial charge is 0.0478 e. The third kappa shape index (κ3) is 4.07. The molecule has 1 aliphatic rings. The van der Waals surface area contributed by atoms with Gasteiger partial charge >= 0.3 is 0 Å². The third-order valence-corrected chi connectivity index (χ3v) is 4.51. The predicted molar refractivity (Wildman–Crippen MR) is 91.5 cm³/mol. The average molecular weight is 316 g/mol. The molecule has 1 fully saturated rings. The topological polar surface area (TPSA) is 28.2 Å². The predicted octanol–water partition coefficient (Wildman–Crippen LogP) is 3.16. The van der Waals surface area contributed by atoms with E-state index in [9.17, 15) is 0 Å². The molecule has 3 rings (SSSR count). The minimum absolute atomic E-state index is 0.327. The second-order valence-electron chi connectivity index (χ2n) is 5.74. The molecule has 2 aromatic rings. The SMILES string of the molecule is Clc1ccc(C(CCN2CCNCC2)c2ccccn2)cc1. The molecular formula is C18H22ClN3. The minimum Gasteiger partial charge on any atom is -0.314 e. The Morgan fingerprint density at radius 2 is 1.86 bits per heavy atom. The quantitative estimate of drug-likeness (QED) is 0.918. The zero-order chi connectivity index (χ0) is 15.2. The van der Waals surface area contributed by atoms with E-state index in [1.807, 2.05) is 24.4 Å². The molecule has 22 heavy (non-hydrogen) atoms. The van der Waals surface area contributed by atoms with E-state index in [2.05, 4.69) is 39.5 Å². The van der Waals surface area contributed by atoms with Gasteiger partial charge in [-0.1, -0.05) is 29.8 Å². The van der Waals surface area contributed by atoms with Gasteiger partial charge in [-0.15, -0.1) is 0 Å². The number of aromatic nitrogens is 1. The molecule has 1 aromatic heterocycles. The standard InChI is InChI=1S/C18H22ClN3/c19-16-6-4-15(5-7-16)17(18-3-1-2-9-21-18)8-12-22-13-10-20-11-14-22/h1-7,9,17,20H,8,10-14H2. The molecule has 3 nitrogen and oxygen atoms in total. The summed E-state index contributed by atoms with van der Waals surface area (Å²) in [6.07, 6.45) is 2.96. The molecule has 0 saturated carbocycles. The Kier molecular flexibility index (Phi) is 5.43. The lowest BCUT2D eigenvalue weighted by Gasteiger charge is -2.29. The van der Waals surface area contributed by atoms with Crippen LogP contribution >= 0.6 is 11.6 Å². The van der Waals surface area contributed by atoms with Crippen molar-refractivity contribution in [2.45, 2.75) is 12.3 Å². The first kappa shape index (κ1) is 15.5. The summed E-state index contributed by atoms with van der Waals surface area (Å²) in [7, 11) is 0. The number of rotatable bonds is 5. The van der Waals surface area contributed by atoms with Gasteiger partial charge in [0.2, 0.25) is 0 Å². The summed E-state index contributed by atoms with van der Waals surface area (Å²) in [5.74, 6) is 0.327. The third-order valence-electron chi connectivity index (χ3n) is 4.26. The second kappa shape index (κ2) is 7.73. The maximum Gasteiger partial charge on any atom is 0.0478 e. The number of hydrogen-bond acceptors (Lipinski definition) is 3. The van der Waals surface area contributed by atoms with Gasteiger partial charge in [-0.05, 0) is 42.8 Å². The molecule has 0 radical (unpaired) electrons. The van der Waals surface area contributed by atoms with Gasteiger partial charge in [0, 0.05) is 49.0 Å². The summed E-state index contributed by atoms with van der Waals surface area (Å²) < 4.78 is 0. The Balaban J connectivity index is 1.75. The first-order valence-corrected chi connectivity index (χ1v) is 8.30. The number of nitrogens with zero attached hydrogens (tertiary/aromatic N) is 2. The monoisotopic (exact) mass is 315 g/mol. The maximum absolute atomic E-state index is 6.03. The van der Waals surface area contributed by atoms with E-state index in [0.29, 0.717) is 5.92 Å². The summed E-state index contributed by atoms with van der Waals surface area (Å²) in [6.45, 7) is 5.56. The van der Waals surface area contributed by atoms with Crippen molar-refractivity contribution >= 4 is 11.6 Å². The highest BCUT2D eigenvalue weighted by atomic mass is 35.5. The summed E-state index contributed by atoms with van der Waals surface area (Å²) in [4.78, 5) is 7.11. The molecular weight excluding hydrogens is 294 g/mol.